The van der Waals surface area contributed by atoms with Gasteiger partial charge in [-0.15, -0.1) is 5.10 Å². The van der Waals surface area contributed by atoms with E-state index in [4.69, 9.17) is 10.8 Å². The van der Waals surface area contributed by atoms with Gasteiger partial charge in [-0.25, -0.2) is 0 Å². The van der Waals surface area contributed by atoms with Crippen LogP contribution in [0.1, 0.15) is 11.1 Å². The summed E-state index contributed by atoms with van der Waals surface area (Å²) >= 11 is 0. The maximum absolute atomic E-state index is 11.7. The van der Waals surface area contributed by atoms with Gasteiger partial charge in [0.15, 0.2) is 0 Å². The van der Waals surface area contributed by atoms with E-state index in [1.807, 2.05) is 30.3 Å². The summed E-state index contributed by atoms with van der Waals surface area (Å²) in [4.78, 5) is 11.7. The Balaban J connectivity index is 1.87. The lowest BCUT2D eigenvalue weighted by Crippen LogP contribution is -2.35. The molecule has 0 unspecified atom stereocenters. The van der Waals surface area contributed by atoms with E-state index in [1.165, 1.54) is 24.4 Å². The number of carbonyl (C=O) groups excluding carboxylic acids is 1. The molecular weight excluding hydrogens is 292 g/mol. The van der Waals surface area contributed by atoms with Crippen molar-refractivity contribution >= 4 is 24.2 Å². The molecule has 0 spiro atoms. The smallest absolute Gasteiger partial charge is 0.250 e. The van der Waals surface area contributed by atoms with Crippen LogP contribution in [0.25, 0.3) is 6.08 Å². The van der Waals surface area contributed by atoms with Crippen LogP contribution >= 0.6 is 0 Å². The van der Waals surface area contributed by atoms with Crippen LogP contribution in [0, 0.1) is 0 Å². The second kappa shape index (κ2) is 8.14. The van der Waals surface area contributed by atoms with Gasteiger partial charge in [-0.1, -0.05) is 30.3 Å². The molecule has 2 rings (SSSR count). The van der Waals surface area contributed by atoms with Gasteiger partial charge in [0.25, 0.3) is 5.91 Å². The summed E-state index contributed by atoms with van der Waals surface area (Å²) in [5.74, 6) is -0.333. The fourth-order valence-electron chi connectivity index (χ4n) is 1.65. The Hall–Kier alpha value is -3.41. The number of nitrogens with one attached hydrogen (secondary N) is 1. The number of nitrogens with two attached hydrogens (primary N) is 1. The molecule has 0 aliphatic rings. The van der Waals surface area contributed by atoms with Crippen molar-refractivity contribution in [2.75, 3.05) is 0 Å². The summed E-state index contributed by atoms with van der Waals surface area (Å²) in [5.41, 5.74) is 7.21. The summed E-state index contributed by atoms with van der Waals surface area (Å²) in [6.45, 7) is 0. The number of amides is 1. The van der Waals surface area contributed by atoms with Crippen LogP contribution in [0.5, 0.6) is 5.75 Å². The zero-order valence-electron chi connectivity index (χ0n) is 12.3. The summed E-state index contributed by atoms with van der Waals surface area (Å²) in [6, 6.07) is 15.8. The van der Waals surface area contributed by atoms with Crippen LogP contribution in [-0.2, 0) is 4.79 Å². The fourth-order valence-corrected chi connectivity index (χ4v) is 1.65. The molecule has 0 radical (unpaired) electrons. The van der Waals surface area contributed by atoms with Gasteiger partial charge in [0.2, 0.25) is 5.96 Å². The van der Waals surface area contributed by atoms with E-state index in [2.05, 4.69) is 15.5 Å². The SMILES string of the molecule is N/C(=N\N=C\c1ccc(O)cc1)NC(=O)/C=C/c1ccccc1. The highest BCUT2D eigenvalue weighted by molar-refractivity contribution is 6.03. The van der Waals surface area contributed by atoms with Crippen molar-refractivity contribution in [2.24, 2.45) is 15.9 Å². The van der Waals surface area contributed by atoms with E-state index in [9.17, 15) is 4.79 Å². The zero-order chi connectivity index (χ0) is 16.5. The Bertz CT molecular complexity index is 735. The number of guanidine groups is 1. The van der Waals surface area contributed by atoms with Crippen LogP contribution in [0.2, 0.25) is 0 Å². The van der Waals surface area contributed by atoms with E-state index in [-0.39, 0.29) is 11.7 Å². The maximum atomic E-state index is 11.7. The van der Waals surface area contributed by atoms with Gasteiger partial charge in [0.05, 0.1) is 6.21 Å². The third-order valence-electron chi connectivity index (χ3n) is 2.74. The van der Waals surface area contributed by atoms with E-state index < -0.39 is 5.91 Å². The number of nitrogens with zero attached hydrogens (tertiary/aromatic N) is 2. The Kier molecular flexibility index (Phi) is 5.65. The van der Waals surface area contributed by atoms with E-state index in [0.717, 1.165) is 11.1 Å². The molecule has 0 atom stereocenters. The second-order valence-corrected chi connectivity index (χ2v) is 4.55. The maximum Gasteiger partial charge on any atom is 0.250 e. The topological polar surface area (TPSA) is 100 Å². The Morgan fingerprint density at radius 1 is 1.04 bits per heavy atom. The fraction of sp³-hybridized carbons (Fsp3) is 0. The van der Waals surface area contributed by atoms with Crippen LogP contribution in [0.4, 0.5) is 0 Å². The molecule has 1 amide bonds. The highest BCUT2D eigenvalue weighted by atomic mass is 16.3. The summed E-state index contributed by atoms with van der Waals surface area (Å²) in [5, 5.41) is 19.0. The monoisotopic (exact) mass is 308 g/mol. The molecule has 6 heteroatoms. The Labute approximate surface area is 133 Å². The molecule has 4 N–H and O–H groups in total. The molecule has 0 saturated heterocycles. The summed E-state index contributed by atoms with van der Waals surface area (Å²) < 4.78 is 0. The molecule has 0 aliphatic heterocycles. The first-order chi connectivity index (χ1) is 11.1. The molecule has 23 heavy (non-hydrogen) atoms. The second-order valence-electron chi connectivity index (χ2n) is 4.55. The molecule has 116 valence electrons. The molecule has 0 saturated carbocycles. The first-order valence-corrected chi connectivity index (χ1v) is 6.83. The van der Waals surface area contributed by atoms with Gasteiger partial charge < -0.3 is 10.8 Å². The van der Waals surface area contributed by atoms with Crippen molar-refractivity contribution in [3.8, 4) is 5.75 Å². The number of hydrogen-bond donors (Lipinski definition) is 3. The van der Waals surface area contributed by atoms with E-state index >= 15 is 0 Å². The lowest BCUT2D eigenvalue weighted by atomic mass is 10.2. The van der Waals surface area contributed by atoms with Gasteiger partial charge in [-0.2, -0.15) is 5.10 Å². The van der Waals surface area contributed by atoms with Crippen LogP contribution in [-0.4, -0.2) is 23.2 Å². The quantitative estimate of drug-likeness (QED) is 0.348. The average Bonchev–Trinajstić information content (AvgIpc) is 2.56. The molecule has 0 aromatic heterocycles. The van der Waals surface area contributed by atoms with E-state index in [0.29, 0.717) is 0 Å². The van der Waals surface area contributed by atoms with Crippen molar-refractivity contribution in [2.45, 2.75) is 0 Å². The number of benzene rings is 2. The minimum Gasteiger partial charge on any atom is -0.508 e. The Morgan fingerprint density at radius 3 is 2.43 bits per heavy atom. The molecule has 2 aromatic carbocycles. The van der Waals surface area contributed by atoms with Crippen molar-refractivity contribution in [1.82, 2.24) is 5.32 Å². The standard InChI is InChI=1S/C17H16N4O2/c18-17(21-19-12-14-6-9-15(22)10-7-14)20-16(23)11-8-13-4-2-1-3-5-13/h1-12,22H,(H3,18,20,21,23)/b11-8+,19-12+. The minimum atomic E-state index is -0.394. The first kappa shape index (κ1) is 16.0. The third kappa shape index (κ3) is 5.84. The number of rotatable bonds is 4. The predicted octanol–water partition coefficient (Wildman–Crippen LogP) is 1.87. The number of phenolic OH excluding ortho intramolecular Hbond substituents is 1. The molecular formula is C17H16N4O2. The van der Waals surface area contributed by atoms with Gasteiger partial charge in [-0.05, 0) is 41.5 Å². The van der Waals surface area contributed by atoms with Crippen molar-refractivity contribution in [1.29, 1.82) is 0 Å². The number of phenols is 1. The summed E-state index contributed by atoms with van der Waals surface area (Å²) in [7, 11) is 0. The van der Waals surface area contributed by atoms with Gasteiger partial charge in [0, 0.05) is 6.08 Å². The lowest BCUT2D eigenvalue weighted by Gasteiger charge is -1.98. The predicted molar refractivity (Wildman–Crippen MR) is 90.9 cm³/mol. The molecule has 0 bridgehead atoms. The van der Waals surface area contributed by atoms with Crippen LogP contribution in [0.15, 0.2) is 70.9 Å². The van der Waals surface area contributed by atoms with Gasteiger partial charge >= 0.3 is 0 Å². The van der Waals surface area contributed by atoms with Crippen LogP contribution in [0.3, 0.4) is 0 Å². The first-order valence-electron chi connectivity index (χ1n) is 6.83. The molecule has 2 aromatic rings. The highest BCUT2D eigenvalue weighted by Crippen LogP contribution is 2.07. The molecule has 0 fully saturated rings. The normalized spacial score (nSPS) is 11.9. The van der Waals surface area contributed by atoms with Crippen molar-refractivity contribution in [3.63, 3.8) is 0 Å². The summed E-state index contributed by atoms with van der Waals surface area (Å²) in [6.07, 6.45) is 4.49. The number of carbonyl (C=O) groups is 1. The lowest BCUT2D eigenvalue weighted by molar-refractivity contribution is -0.115. The highest BCUT2D eigenvalue weighted by Gasteiger charge is 1.97. The zero-order valence-corrected chi connectivity index (χ0v) is 12.3. The van der Waals surface area contributed by atoms with Crippen LogP contribution < -0.4 is 11.1 Å². The van der Waals surface area contributed by atoms with Gasteiger partial charge in [-0.3, -0.25) is 10.1 Å². The molecule has 6 nitrogen and oxygen atoms in total. The molecule has 0 aliphatic carbocycles. The largest absolute Gasteiger partial charge is 0.508 e. The van der Waals surface area contributed by atoms with E-state index in [1.54, 1.807) is 18.2 Å². The third-order valence-corrected chi connectivity index (χ3v) is 2.74. The van der Waals surface area contributed by atoms with Crippen molar-refractivity contribution < 1.29 is 9.90 Å². The molecule has 0 heterocycles. The number of aromatic hydroxyl groups is 1. The number of hydrogen-bond acceptors (Lipinski definition) is 4. The minimum absolute atomic E-state index is 0.109. The van der Waals surface area contributed by atoms with Crippen molar-refractivity contribution in [3.05, 3.63) is 71.8 Å². The Morgan fingerprint density at radius 2 is 1.74 bits per heavy atom. The average molecular weight is 308 g/mol. The van der Waals surface area contributed by atoms with Gasteiger partial charge in [0.1, 0.15) is 5.75 Å².